The molecule has 0 atom stereocenters. The van der Waals surface area contributed by atoms with Crippen molar-refractivity contribution in [1.82, 2.24) is 4.98 Å². The number of hydrogen-bond donors (Lipinski definition) is 2. The quantitative estimate of drug-likeness (QED) is 0.418. The van der Waals surface area contributed by atoms with Crippen LogP contribution in [0.3, 0.4) is 0 Å². The number of aryl methyl sites for hydroxylation is 1. The zero-order valence-corrected chi connectivity index (χ0v) is 16.5. The van der Waals surface area contributed by atoms with Crippen LogP contribution in [0, 0.1) is 0 Å². The molecule has 3 aromatic rings. The number of rotatable bonds is 9. The molecule has 0 aliphatic carbocycles. The molecular weight excluding hydrogens is 384 g/mol. The van der Waals surface area contributed by atoms with Crippen molar-refractivity contribution in [3.63, 3.8) is 0 Å². The van der Waals surface area contributed by atoms with Crippen LogP contribution in [0.25, 0.3) is 0 Å². The van der Waals surface area contributed by atoms with Crippen molar-refractivity contribution in [3.05, 3.63) is 83.7 Å². The lowest BCUT2D eigenvalue weighted by Crippen LogP contribution is -2.18. The summed E-state index contributed by atoms with van der Waals surface area (Å²) in [5.74, 6) is -0.491. The van der Waals surface area contributed by atoms with Gasteiger partial charge in [0.25, 0.3) is 0 Å². The number of hydrogen-bond acceptors (Lipinski definition) is 5. The normalized spacial score (nSPS) is 10.3. The number of benzene rings is 2. The number of carbonyl (C=O) groups is 3. The number of para-hydroxylation sites is 1. The molecule has 0 aliphatic rings. The van der Waals surface area contributed by atoms with E-state index in [1.54, 1.807) is 49.7 Å². The maximum absolute atomic E-state index is 12.4. The Morgan fingerprint density at radius 3 is 2.43 bits per heavy atom. The molecule has 1 aromatic heterocycles. The molecule has 0 aliphatic heterocycles. The van der Waals surface area contributed by atoms with E-state index in [1.165, 1.54) is 0 Å². The molecule has 0 unspecified atom stereocenters. The SMILES string of the molecule is COc1ccc(CCC(=O)Nc2ccccc2C(=O)OCC(=O)c2ccc[nH]2)cc1. The summed E-state index contributed by atoms with van der Waals surface area (Å²) < 4.78 is 10.2. The van der Waals surface area contributed by atoms with E-state index in [4.69, 9.17) is 9.47 Å². The van der Waals surface area contributed by atoms with Gasteiger partial charge in [-0.3, -0.25) is 9.59 Å². The van der Waals surface area contributed by atoms with Crippen molar-refractivity contribution < 1.29 is 23.9 Å². The highest BCUT2D eigenvalue weighted by Gasteiger charge is 2.16. The van der Waals surface area contributed by atoms with Crippen LogP contribution in [0.4, 0.5) is 5.69 Å². The molecule has 3 rings (SSSR count). The molecule has 0 saturated heterocycles. The molecule has 0 saturated carbocycles. The molecule has 1 heterocycles. The lowest BCUT2D eigenvalue weighted by Gasteiger charge is -2.11. The van der Waals surface area contributed by atoms with Gasteiger partial charge >= 0.3 is 5.97 Å². The molecule has 1 amide bonds. The van der Waals surface area contributed by atoms with Crippen LogP contribution >= 0.6 is 0 Å². The van der Waals surface area contributed by atoms with Gasteiger partial charge in [0.15, 0.2) is 6.61 Å². The predicted molar refractivity (Wildman–Crippen MR) is 112 cm³/mol. The number of esters is 1. The summed E-state index contributed by atoms with van der Waals surface area (Å²) in [5.41, 5.74) is 1.90. The number of carbonyl (C=O) groups excluding carboxylic acids is 3. The number of amides is 1. The molecule has 0 fully saturated rings. The minimum atomic E-state index is -0.680. The van der Waals surface area contributed by atoms with Crippen LogP contribution in [-0.4, -0.2) is 36.4 Å². The Morgan fingerprint density at radius 2 is 1.73 bits per heavy atom. The van der Waals surface area contributed by atoms with E-state index in [1.807, 2.05) is 24.3 Å². The third-order valence-corrected chi connectivity index (χ3v) is 4.45. The highest BCUT2D eigenvalue weighted by atomic mass is 16.5. The second-order valence-corrected chi connectivity index (χ2v) is 6.52. The van der Waals surface area contributed by atoms with Crippen LogP contribution < -0.4 is 10.1 Å². The molecular formula is C23H22N2O5. The van der Waals surface area contributed by atoms with E-state index < -0.39 is 5.97 Å². The average molecular weight is 406 g/mol. The van der Waals surface area contributed by atoms with Crippen LogP contribution in [-0.2, 0) is 16.0 Å². The third kappa shape index (κ3) is 5.57. The first-order valence-corrected chi connectivity index (χ1v) is 9.42. The number of ether oxygens (including phenoxy) is 2. The summed E-state index contributed by atoms with van der Waals surface area (Å²) >= 11 is 0. The molecule has 7 nitrogen and oxygen atoms in total. The lowest BCUT2D eigenvalue weighted by molar-refractivity contribution is -0.116. The summed E-state index contributed by atoms with van der Waals surface area (Å²) in [6, 6.07) is 17.3. The Bertz CT molecular complexity index is 1010. The van der Waals surface area contributed by atoms with Gasteiger partial charge in [0.2, 0.25) is 11.7 Å². The van der Waals surface area contributed by atoms with Crippen molar-refractivity contribution in [3.8, 4) is 5.75 Å². The first-order valence-electron chi connectivity index (χ1n) is 9.42. The first-order chi connectivity index (χ1) is 14.6. The van der Waals surface area contributed by atoms with Crippen molar-refractivity contribution in [2.45, 2.75) is 12.8 Å². The molecule has 0 bridgehead atoms. The van der Waals surface area contributed by atoms with Gasteiger partial charge in [0.05, 0.1) is 24.1 Å². The summed E-state index contributed by atoms with van der Waals surface area (Å²) in [7, 11) is 1.60. The van der Waals surface area contributed by atoms with Crippen LogP contribution in [0.1, 0.15) is 32.8 Å². The number of ketones is 1. The highest BCUT2D eigenvalue weighted by Crippen LogP contribution is 2.18. The fourth-order valence-electron chi connectivity index (χ4n) is 2.82. The summed E-state index contributed by atoms with van der Waals surface area (Å²) in [6.45, 7) is -0.390. The van der Waals surface area contributed by atoms with Crippen LogP contribution in [0.2, 0.25) is 0 Å². The number of aromatic amines is 1. The van der Waals surface area contributed by atoms with Gasteiger partial charge in [-0.25, -0.2) is 4.79 Å². The fourth-order valence-corrected chi connectivity index (χ4v) is 2.82. The van der Waals surface area contributed by atoms with E-state index in [9.17, 15) is 14.4 Å². The number of nitrogens with one attached hydrogen (secondary N) is 2. The monoisotopic (exact) mass is 406 g/mol. The minimum absolute atomic E-state index is 0.189. The number of H-pyrrole nitrogens is 1. The largest absolute Gasteiger partial charge is 0.497 e. The second-order valence-electron chi connectivity index (χ2n) is 6.52. The smallest absolute Gasteiger partial charge is 0.340 e. The van der Waals surface area contributed by atoms with E-state index in [0.717, 1.165) is 11.3 Å². The van der Waals surface area contributed by atoms with E-state index in [0.29, 0.717) is 17.8 Å². The first kappa shape index (κ1) is 20.9. The number of anilines is 1. The molecule has 2 N–H and O–H groups in total. The standard InChI is InChI=1S/C23H22N2O5/c1-29-17-11-8-16(9-12-17)10-13-22(27)25-19-6-3-2-5-18(19)23(28)30-15-21(26)20-7-4-14-24-20/h2-9,11-12,14,24H,10,13,15H2,1H3,(H,25,27). The molecule has 30 heavy (non-hydrogen) atoms. The van der Waals surface area contributed by atoms with E-state index >= 15 is 0 Å². The van der Waals surface area contributed by atoms with E-state index in [-0.39, 0.29) is 30.3 Å². The minimum Gasteiger partial charge on any atom is -0.497 e. The Morgan fingerprint density at radius 1 is 0.967 bits per heavy atom. The van der Waals surface area contributed by atoms with E-state index in [2.05, 4.69) is 10.3 Å². The Kier molecular flexibility index (Phi) is 7.00. The average Bonchev–Trinajstić information content (AvgIpc) is 3.31. The molecule has 0 radical (unpaired) electrons. The Hall–Kier alpha value is -3.87. The molecule has 0 spiro atoms. The fraction of sp³-hybridized carbons (Fsp3) is 0.174. The van der Waals surface area contributed by atoms with Gasteiger partial charge in [0.1, 0.15) is 5.75 Å². The van der Waals surface area contributed by atoms with Crippen molar-refractivity contribution >= 4 is 23.3 Å². The number of aromatic nitrogens is 1. The lowest BCUT2D eigenvalue weighted by atomic mass is 10.1. The summed E-state index contributed by atoms with van der Waals surface area (Å²) in [4.78, 5) is 39.5. The number of methoxy groups -OCH3 is 1. The Labute approximate surface area is 174 Å². The summed E-state index contributed by atoms with van der Waals surface area (Å²) in [5, 5.41) is 2.74. The topological polar surface area (TPSA) is 97.5 Å². The molecule has 7 heteroatoms. The second kappa shape index (κ2) is 10.1. The van der Waals surface area contributed by atoms with Gasteiger partial charge in [-0.1, -0.05) is 24.3 Å². The zero-order chi connectivity index (χ0) is 21.3. The third-order valence-electron chi connectivity index (χ3n) is 4.45. The predicted octanol–water partition coefficient (Wildman–Crippen LogP) is 3.63. The van der Waals surface area contributed by atoms with Crippen LogP contribution in [0.15, 0.2) is 66.9 Å². The maximum Gasteiger partial charge on any atom is 0.340 e. The van der Waals surface area contributed by atoms with Gasteiger partial charge in [0, 0.05) is 12.6 Å². The van der Waals surface area contributed by atoms with Gasteiger partial charge in [-0.15, -0.1) is 0 Å². The zero-order valence-electron chi connectivity index (χ0n) is 16.5. The van der Waals surface area contributed by atoms with Gasteiger partial charge in [-0.05, 0) is 48.4 Å². The summed E-state index contributed by atoms with van der Waals surface area (Å²) in [6.07, 6.45) is 2.42. The molecule has 2 aromatic carbocycles. The Balaban J connectivity index is 1.56. The highest BCUT2D eigenvalue weighted by molar-refractivity contribution is 6.03. The van der Waals surface area contributed by atoms with Crippen LogP contribution in [0.5, 0.6) is 5.75 Å². The van der Waals surface area contributed by atoms with Crippen molar-refractivity contribution in [2.75, 3.05) is 19.0 Å². The molecule has 154 valence electrons. The van der Waals surface area contributed by atoms with Gasteiger partial charge < -0.3 is 19.8 Å². The van der Waals surface area contributed by atoms with Crippen molar-refractivity contribution in [2.24, 2.45) is 0 Å². The maximum atomic E-state index is 12.4. The number of Topliss-reactive ketones (excluding diaryl/α,β-unsaturated/α-hetero) is 1. The van der Waals surface area contributed by atoms with Gasteiger partial charge in [-0.2, -0.15) is 0 Å². The van der Waals surface area contributed by atoms with Crippen molar-refractivity contribution in [1.29, 1.82) is 0 Å².